The summed E-state index contributed by atoms with van der Waals surface area (Å²) in [5.74, 6) is 0. The lowest BCUT2D eigenvalue weighted by molar-refractivity contribution is 0.112. The van der Waals surface area contributed by atoms with Gasteiger partial charge in [0.05, 0.1) is 17.3 Å². The molecule has 0 N–H and O–H groups in total. The summed E-state index contributed by atoms with van der Waals surface area (Å²) in [5.41, 5.74) is 2.50. The van der Waals surface area contributed by atoms with Gasteiger partial charge >= 0.3 is 0 Å². The topological polar surface area (TPSA) is 33.2 Å². The van der Waals surface area contributed by atoms with E-state index < -0.39 is 0 Å². The van der Waals surface area contributed by atoms with Crippen molar-refractivity contribution < 1.29 is 4.79 Å². The van der Waals surface area contributed by atoms with E-state index >= 15 is 0 Å². The lowest BCUT2D eigenvalue weighted by atomic mass is 10.2. The Morgan fingerprint density at radius 3 is 2.74 bits per heavy atom. The smallest absolute Gasteiger partial charge is 0.151 e. The van der Waals surface area contributed by atoms with Gasteiger partial charge in [-0.25, -0.2) is 0 Å². The molecule has 0 radical (unpaired) electrons. The van der Waals surface area contributed by atoms with Gasteiger partial charge in [-0.2, -0.15) is 0 Å². The first-order chi connectivity index (χ1) is 9.24. The number of nitrogens with zero attached hydrogens (tertiary/aromatic N) is 2. The van der Waals surface area contributed by atoms with Crippen LogP contribution in [0.2, 0.25) is 5.02 Å². The standard InChI is InChI=1S/C15H15ClN2O/c1-2-18(10-13-5-3-4-8-17-13)14-7-6-12(11-19)15(16)9-14/h3-9,11H,2,10H2,1H3. The van der Waals surface area contributed by atoms with Crippen molar-refractivity contribution in [3.8, 4) is 0 Å². The van der Waals surface area contributed by atoms with Crippen molar-refractivity contribution in [2.24, 2.45) is 0 Å². The van der Waals surface area contributed by atoms with E-state index in [9.17, 15) is 4.79 Å². The van der Waals surface area contributed by atoms with E-state index in [4.69, 9.17) is 11.6 Å². The molecule has 98 valence electrons. The largest absolute Gasteiger partial charge is 0.366 e. The fraction of sp³-hybridized carbons (Fsp3) is 0.200. The van der Waals surface area contributed by atoms with Gasteiger partial charge in [-0.1, -0.05) is 17.7 Å². The second-order valence-electron chi connectivity index (χ2n) is 4.16. The number of pyridine rings is 1. The fourth-order valence-electron chi connectivity index (χ4n) is 1.88. The molecule has 0 saturated carbocycles. The van der Waals surface area contributed by atoms with Crippen molar-refractivity contribution in [2.75, 3.05) is 11.4 Å². The highest BCUT2D eigenvalue weighted by molar-refractivity contribution is 6.33. The van der Waals surface area contributed by atoms with E-state index in [-0.39, 0.29) is 0 Å². The minimum atomic E-state index is 0.479. The monoisotopic (exact) mass is 274 g/mol. The Morgan fingerprint density at radius 1 is 1.32 bits per heavy atom. The molecule has 0 spiro atoms. The highest BCUT2D eigenvalue weighted by Gasteiger charge is 2.08. The lowest BCUT2D eigenvalue weighted by Gasteiger charge is -2.23. The predicted molar refractivity (Wildman–Crippen MR) is 77.8 cm³/mol. The summed E-state index contributed by atoms with van der Waals surface area (Å²) in [5, 5.41) is 0.479. The van der Waals surface area contributed by atoms with Gasteiger partial charge in [-0.15, -0.1) is 0 Å². The molecule has 0 unspecified atom stereocenters. The quantitative estimate of drug-likeness (QED) is 0.782. The maximum absolute atomic E-state index is 10.8. The number of aldehydes is 1. The average molecular weight is 275 g/mol. The molecule has 0 atom stereocenters. The first kappa shape index (κ1) is 13.6. The van der Waals surface area contributed by atoms with E-state index in [1.54, 1.807) is 12.3 Å². The number of aromatic nitrogens is 1. The van der Waals surface area contributed by atoms with Crippen LogP contribution in [0, 0.1) is 0 Å². The van der Waals surface area contributed by atoms with Gasteiger partial charge in [0.15, 0.2) is 6.29 Å². The van der Waals surface area contributed by atoms with Crippen LogP contribution in [0.25, 0.3) is 0 Å². The van der Waals surface area contributed by atoms with E-state index in [1.807, 2.05) is 30.3 Å². The van der Waals surface area contributed by atoms with E-state index in [1.165, 1.54) is 0 Å². The van der Waals surface area contributed by atoms with Crippen molar-refractivity contribution in [1.29, 1.82) is 0 Å². The molecule has 0 bridgehead atoms. The Hall–Kier alpha value is -1.87. The van der Waals surface area contributed by atoms with Crippen LogP contribution in [-0.4, -0.2) is 17.8 Å². The molecule has 2 aromatic rings. The maximum atomic E-state index is 10.8. The SMILES string of the molecule is CCN(Cc1ccccn1)c1ccc(C=O)c(Cl)c1. The van der Waals surface area contributed by atoms with Gasteiger partial charge in [0.1, 0.15) is 0 Å². The number of anilines is 1. The predicted octanol–water partition coefficient (Wildman–Crippen LogP) is 3.57. The van der Waals surface area contributed by atoms with Crippen molar-refractivity contribution in [3.05, 3.63) is 58.9 Å². The summed E-state index contributed by atoms with van der Waals surface area (Å²) in [4.78, 5) is 17.2. The molecule has 0 aliphatic carbocycles. The molecule has 0 fully saturated rings. The molecule has 1 aromatic carbocycles. The number of carbonyl (C=O) groups is 1. The van der Waals surface area contributed by atoms with Gasteiger partial charge in [0.2, 0.25) is 0 Å². The zero-order chi connectivity index (χ0) is 13.7. The van der Waals surface area contributed by atoms with Crippen LogP contribution in [0.1, 0.15) is 23.0 Å². The number of benzene rings is 1. The molecule has 4 heteroatoms. The lowest BCUT2D eigenvalue weighted by Crippen LogP contribution is -2.22. The molecule has 3 nitrogen and oxygen atoms in total. The van der Waals surface area contributed by atoms with E-state index in [0.717, 1.165) is 24.2 Å². The summed E-state index contributed by atoms with van der Waals surface area (Å²) in [6.45, 7) is 3.63. The third-order valence-electron chi connectivity index (χ3n) is 2.94. The van der Waals surface area contributed by atoms with Gasteiger partial charge in [-0.05, 0) is 37.3 Å². The molecule has 0 aliphatic rings. The molecule has 0 amide bonds. The summed E-state index contributed by atoms with van der Waals surface area (Å²) < 4.78 is 0. The molecule has 1 aromatic heterocycles. The number of rotatable bonds is 5. The second kappa shape index (κ2) is 6.34. The maximum Gasteiger partial charge on any atom is 0.151 e. The zero-order valence-corrected chi connectivity index (χ0v) is 11.5. The molecule has 19 heavy (non-hydrogen) atoms. The minimum Gasteiger partial charge on any atom is -0.366 e. The molecular weight excluding hydrogens is 260 g/mol. The van der Waals surface area contributed by atoms with Crippen LogP contribution in [0.4, 0.5) is 5.69 Å². The van der Waals surface area contributed by atoms with Gasteiger partial charge in [0, 0.05) is 24.0 Å². The summed E-state index contributed by atoms with van der Waals surface area (Å²) in [6.07, 6.45) is 2.55. The molecule has 2 rings (SSSR count). The van der Waals surface area contributed by atoms with Crippen molar-refractivity contribution in [3.63, 3.8) is 0 Å². The van der Waals surface area contributed by atoms with Crippen molar-refractivity contribution in [2.45, 2.75) is 13.5 Å². The highest BCUT2D eigenvalue weighted by Crippen LogP contribution is 2.23. The Kier molecular flexibility index (Phi) is 4.53. The average Bonchev–Trinajstić information content (AvgIpc) is 2.46. The molecule has 0 saturated heterocycles. The van der Waals surface area contributed by atoms with Gasteiger partial charge < -0.3 is 4.90 Å². The summed E-state index contributed by atoms with van der Waals surface area (Å²) in [6, 6.07) is 11.3. The minimum absolute atomic E-state index is 0.479. The fourth-order valence-corrected chi connectivity index (χ4v) is 2.10. The molecule has 1 heterocycles. The third kappa shape index (κ3) is 3.32. The van der Waals surface area contributed by atoms with Gasteiger partial charge in [-0.3, -0.25) is 9.78 Å². The van der Waals surface area contributed by atoms with Crippen LogP contribution < -0.4 is 4.90 Å². The van der Waals surface area contributed by atoms with Crippen LogP contribution in [0.3, 0.4) is 0 Å². The Labute approximate surface area is 117 Å². The van der Waals surface area contributed by atoms with Crippen LogP contribution in [0.15, 0.2) is 42.6 Å². The van der Waals surface area contributed by atoms with Crippen molar-refractivity contribution >= 4 is 23.6 Å². The summed E-state index contributed by atoms with van der Waals surface area (Å²) >= 11 is 6.06. The van der Waals surface area contributed by atoms with Crippen LogP contribution in [-0.2, 0) is 6.54 Å². The third-order valence-corrected chi connectivity index (χ3v) is 3.26. The number of halogens is 1. The van der Waals surface area contributed by atoms with E-state index in [2.05, 4.69) is 16.8 Å². The molecular formula is C15H15ClN2O. The molecule has 0 aliphatic heterocycles. The van der Waals surface area contributed by atoms with Crippen molar-refractivity contribution in [1.82, 2.24) is 4.98 Å². The number of carbonyl (C=O) groups excluding carboxylic acids is 1. The number of hydrogen-bond donors (Lipinski definition) is 0. The Balaban J connectivity index is 2.22. The Bertz CT molecular complexity index is 557. The first-order valence-electron chi connectivity index (χ1n) is 6.14. The second-order valence-corrected chi connectivity index (χ2v) is 4.57. The number of hydrogen-bond acceptors (Lipinski definition) is 3. The highest BCUT2D eigenvalue weighted by atomic mass is 35.5. The summed E-state index contributed by atoms with van der Waals surface area (Å²) in [7, 11) is 0. The first-order valence-corrected chi connectivity index (χ1v) is 6.52. The zero-order valence-electron chi connectivity index (χ0n) is 10.7. The van der Waals surface area contributed by atoms with Crippen LogP contribution in [0.5, 0.6) is 0 Å². The normalized spacial score (nSPS) is 10.2. The van der Waals surface area contributed by atoms with Gasteiger partial charge in [0.25, 0.3) is 0 Å². The Morgan fingerprint density at radius 2 is 2.16 bits per heavy atom. The van der Waals surface area contributed by atoms with Crippen LogP contribution >= 0.6 is 11.6 Å². The van der Waals surface area contributed by atoms with E-state index in [0.29, 0.717) is 17.1 Å².